The summed E-state index contributed by atoms with van der Waals surface area (Å²) in [5.41, 5.74) is 0.656. The molecule has 1 aliphatic carbocycles. The molecule has 2 aromatic heterocycles. The Morgan fingerprint density at radius 3 is 2.96 bits per heavy atom. The van der Waals surface area contributed by atoms with Gasteiger partial charge in [0.2, 0.25) is 5.16 Å². The van der Waals surface area contributed by atoms with Gasteiger partial charge in [0, 0.05) is 5.39 Å². The number of pyridine rings is 1. The molecular formula is C16H17N3O4S. The first-order valence-electron chi connectivity index (χ1n) is 8.04. The minimum atomic E-state index is -1.35. The fourth-order valence-corrected chi connectivity index (χ4v) is 5.26. The first kappa shape index (κ1) is 15.4. The van der Waals surface area contributed by atoms with Crippen molar-refractivity contribution in [1.29, 1.82) is 0 Å². The topological polar surface area (TPSA) is 91.2 Å². The van der Waals surface area contributed by atoms with Gasteiger partial charge in [-0.15, -0.1) is 0 Å². The van der Waals surface area contributed by atoms with E-state index in [2.05, 4.69) is 9.97 Å². The van der Waals surface area contributed by atoms with Crippen molar-refractivity contribution in [2.45, 2.75) is 49.6 Å². The molecule has 24 heavy (non-hydrogen) atoms. The summed E-state index contributed by atoms with van der Waals surface area (Å²) in [5.74, 6) is -0.642. The third-order valence-corrected chi connectivity index (χ3v) is 6.40. The minimum Gasteiger partial charge on any atom is -0.462 e. The summed E-state index contributed by atoms with van der Waals surface area (Å²) in [5, 5.41) is 0.722. The third-order valence-electron chi connectivity index (χ3n) is 4.76. The summed E-state index contributed by atoms with van der Waals surface area (Å²) in [6.45, 7) is 3.67. The van der Waals surface area contributed by atoms with Crippen molar-refractivity contribution >= 4 is 27.8 Å². The molecule has 4 rings (SSSR count). The number of hydrogen-bond donors (Lipinski definition) is 0. The second kappa shape index (κ2) is 5.47. The zero-order chi connectivity index (χ0) is 17.0. The van der Waals surface area contributed by atoms with E-state index in [9.17, 15) is 13.8 Å². The average Bonchev–Trinajstić information content (AvgIpc) is 2.99. The molecule has 7 nitrogen and oxygen atoms in total. The lowest BCUT2D eigenvalue weighted by atomic mass is 10.1. The average molecular weight is 347 g/mol. The lowest BCUT2D eigenvalue weighted by Gasteiger charge is -2.19. The predicted octanol–water partition coefficient (Wildman–Crippen LogP) is 1.49. The molecule has 3 atom stereocenters. The van der Waals surface area contributed by atoms with Crippen LogP contribution in [0.3, 0.4) is 0 Å². The van der Waals surface area contributed by atoms with Gasteiger partial charge in [0.05, 0.1) is 34.4 Å². The maximum absolute atomic E-state index is 13.0. The van der Waals surface area contributed by atoms with Crippen molar-refractivity contribution in [2.75, 3.05) is 6.61 Å². The van der Waals surface area contributed by atoms with Gasteiger partial charge in [-0.3, -0.25) is 13.6 Å². The Kier molecular flexibility index (Phi) is 3.52. The zero-order valence-corrected chi connectivity index (χ0v) is 14.3. The van der Waals surface area contributed by atoms with Gasteiger partial charge in [-0.1, -0.05) is 6.42 Å². The number of aryl methyl sites for hydroxylation is 1. The van der Waals surface area contributed by atoms with Gasteiger partial charge in [-0.25, -0.2) is 14.8 Å². The number of nitrogens with zero attached hydrogens (tertiary/aromatic N) is 3. The number of ether oxygens (including phenoxy) is 1. The van der Waals surface area contributed by atoms with Crippen LogP contribution in [-0.2, 0) is 15.5 Å². The highest BCUT2D eigenvalue weighted by atomic mass is 32.2. The molecule has 2 aliphatic rings. The second-order valence-corrected chi connectivity index (χ2v) is 7.68. The van der Waals surface area contributed by atoms with Crippen LogP contribution in [0.1, 0.15) is 48.3 Å². The van der Waals surface area contributed by atoms with Gasteiger partial charge in [-0.05, 0) is 32.8 Å². The molecule has 0 N–H and O–H groups in total. The normalized spacial score (nSPS) is 24.8. The van der Waals surface area contributed by atoms with Crippen LogP contribution >= 0.6 is 0 Å². The molecule has 8 heteroatoms. The number of carbonyl (C=O) groups is 1. The summed E-state index contributed by atoms with van der Waals surface area (Å²) in [6.07, 6.45) is 2.40. The van der Waals surface area contributed by atoms with E-state index >= 15 is 0 Å². The third kappa shape index (κ3) is 2.05. The summed E-state index contributed by atoms with van der Waals surface area (Å²) in [4.78, 5) is 33.9. The number of fused-ring (bicyclic) bond motifs is 3. The highest BCUT2D eigenvalue weighted by molar-refractivity contribution is 7.85. The lowest BCUT2D eigenvalue weighted by Crippen LogP contribution is -2.33. The molecule has 1 aliphatic heterocycles. The molecule has 0 aromatic carbocycles. The van der Waals surface area contributed by atoms with Gasteiger partial charge >= 0.3 is 5.97 Å². The number of carbonyl (C=O) groups excluding carboxylic acids is 1. The summed E-state index contributed by atoms with van der Waals surface area (Å²) < 4.78 is 19.4. The van der Waals surface area contributed by atoms with Crippen LogP contribution in [0.5, 0.6) is 0 Å². The van der Waals surface area contributed by atoms with Gasteiger partial charge in [-0.2, -0.15) is 0 Å². The fourth-order valence-electron chi connectivity index (χ4n) is 3.67. The van der Waals surface area contributed by atoms with Crippen molar-refractivity contribution in [3.63, 3.8) is 0 Å². The molecule has 0 saturated heterocycles. The molecule has 2 aromatic rings. The summed E-state index contributed by atoms with van der Waals surface area (Å²) in [6, 6.07) is 1.28. The maximum Gasteiger partial charge on any atom is 0.343 e. The Morgan fingerprint density at radius 2 is 2.21 bits per heavy atom. The molecule has 0 amide bonds. The van der Waals surface area contributed by atoms with Crippen LogP contribution in [0.25, 0.3) is 11.0 Å². The van der Waals surface area contributed by atoms with E-state index in [1.54, 1.807) is 18.4 Å². The Morgan fingerprint density at radius 1 is 1.42 bits per heavy atom. The van der Waals surface area contributed by atoms with Crippen molar-refractivity contribution in [3.8, 4) is 0 Å². The van der Waals surface area contributed by atoms with Gasteiger partial charge in [0.15, 0.2) is 0 Å². The van der Waals surface area contributed by atoms with Crippen LogP contribution in [0.15, 0.2) is 16.0 Å². The molecule has 3 unspecified atom stereocenters. The molecular weight excluding hydrogens is 330 g/mol. The molecule has 0 spiro atoms. The summed E-state index contributed by atoms with van der Waals surface area (Å²) >= 11 is 0. The summed E-state index contributed by atoms with van der Waals surface area (Å²) in [7, 11) is -1.35. The zero-order valence-electron chi connectivity index (χ0n) is 13.4. The van der Waals surface area contributed by atoms with Crippen molar-refractivity contribution in [3.05, 3.63) is 27.7 Å². The van der Waals surface area contributed by atoms with Crippen LogP contribution in [-0.4, -0.2) is 36.6 Å². The van der Waals surface area contributed by atoms with Crippen molar-refractivity contribution in [2.24, 2.45) is 0 Å². The fraction of sp³-hybridized carbons (Fsp3) is 0.500. The lowest BCUT2D eigenvalue weighted by molar-refractivity contribution is 0.0523. The monoisotopic (exact) mass is 347 g/mol. The Bertz CT molecular complexity index is 952. The standard InChI is InChI=1S/C16H17N3O4S/c1-3-23-15(21)10-7-9-8(2)17-16-18-13(9)19(14(10)20)11-5-4-6-12(11)24(16)22/h7,11-12H,3-6H2,1-2H3. The van der Waals surface area contributed by atoms with E-state index < -0.39 is 22.3 Å². The Balaban J connectivity index is 2.09. The van der Waals surface area contributed by atoms with Crippen LogP contribution in [0.4, 0.5) is 0 Å². The molecule has 1 saturated carbocycles. The quantitative estimate of drug-likeness (QED) is 0.604. The van der Waals surface area contributed by atoms with E-state index in [1.807, 2.05) is 0 Å². The van der Waals surface area contributed by atoms with E-state index in [4.69, 9.17) is 4.74 Å². The van der Waals surface area contributed by atoms with E-state index in [-0.39, 0.29) is 28.6 Å². The Hall–Kier alpha value is -2.09. The second-order valence-electron chi connectivity index (χ2n) is 6.12. The smallest absolute Gasteiger partial charge is 0.343 e. The number of esters is 1. The van der Waals surface area contributed by atoms with Gasteiger partial charge in [0.25, 0.3) is 5.56 Å². The molecule has 1 fully saturated rings. The van der Waals surface area contributed by atoms with E-state index in [0.29, 0.717) is 16.7 Å². The molecule has 126 valence electrons. The van der Waals surface area contributed by atoms with Crippen LogP contribution in [0, 0.1) is 6.92 Å². The van der Waals surface area contributed by atoms with Crippen molar-refractivity contribution in [1.82, 2.24) is 14.5 Å². The SMILES string of the molecule is CCOC(=O)c1cc2c(C)nc3nc2n(c1=O)C1CCCC1S3=O. The predicted molar refractivity (Wildman–Crippen MR) is 87.6 cm³/mol. The number of rotatable bonds is 2. The first-order chi connectivity index (χ1) is 11.5. The van der Waals surface area contributed by atoms with Crippen LogP contribution in [0.2, 0.25) is 0 Å². The largest absolute Gasteiger partial charge is 0.462 e. The van der Waals surface area contributed by atoms with Crippen molar-refractivity contribution < 1.29 is 13.7 Å². The molecule has 0 radical (unpaired) electrons. The van der Waals surface area contributed by atoms with E-state index in [0.717, 1.165) is 19.3 Å². The first-order valence-corrected chi connectivity index (χ1v) is 9.25. The molecule has 3 heterocycles. The van der Waals surface area contributed by atoms with Gasteiger partial charge < -0.3 is 4.74 Å². The van der Waals surface area contributed by atoms with Gasteiger partial charge in [0.1, 0.15) is 11.2 Å². The Labute approximate surface area is 140 Å². The minimum absolute atomic E-state index is 0.0119. The number of aromatic nitrogens is 3. The molecule has 2 bridgehead atoms. The highest BCUT2D eigenvalue weighted by Gasteiger charge is 2.40. The van der Waals surface area contributed by atoms with Crippen LogP contribution < -0.4 is 5.56 Å². The number of hydrogen-bond acceptors (Lipinski definition) is 6. The highest BCUT2D eigenvalue weighted by Crippen LogP contribution is 2.38. The van der Waals surface area contributed by atoms with E-state index in [1.165, 1.54) is 6.07 Å². The maximum atomic E-state index is 13.0.